The van der Waals surface area contributed by atoms with E-state index in [0.29, 0.717) is 11.5 Å². The molecule has 0 fully saturated rings. The lowest BCUT2D eigenvalue weighted by atomic mass is 9.83. The molecule has 0 aliphatic carbocycles. The van der Waals surface area contributed by atoms with Crippen molar-refractivity contribution in [3.05, 3.63) is 83.0 Å². The number of oxazole rings is 1. The van der Waals surface area contributed by atoms with Crippen molar-refractivity contribution in [2.45, 2.75) is 32.3 Å². The molecule has 0 amide bonds. The molecule has 3 heterocycles. The van der Waals surface area contributed by atoms with Gasteiger partial charge in [-0.25, -0.2) is 18.7 Å². The smallest absolute Gasteiger partial charge is 0.205 e. The van der Waals surface area contributed by atoms with Crippen LogP contribution in [0, 0.1) is 25.5 Å². The first-order valence-electron chi connectivity index (χ1n) is 10.5. The molecule has 0 aliphatic heterocycles. The molecule has 0 bridgehead atoms. The molecular formula is C24H23F2N3O5. The molecule has 178 valence electrons. The summed E-state index contributed by atoms with van der Waals surface area (Å²) in [5, 5.41) is 20.0. The predicted molar refractivity (Wildman–Crippen MR) is 117 cm³/mol. The second kappa shape index (κ2) is 9.32. The summed E-state index contributed by atoms with van der Waals surface area (Å²) >= 11 is 0. The zero-order valence-corrected chi connectivity index (χ0v) is 18.6. The Balaban J connectivity index is 1.66. The maximum atomic E-state index is 14.0. The summed E-state index contributed by atoms with van der Waals surface area (Å²) in [7, 11) is 0. The SMILES string of the molecule is Cc1cnc(C(CO)(CO)CC(=O)c2c(C)nc3c(OCc4c(F)cccc4F)cccn23)o1. The number of fused-ring (bicyclic) bond motifs is 1. The average Bonchev–Trinajstić information content (AvgIpc) is 3.40. The number of nitrogens with zero attached hydrogens (tertiary/aromatic N) is 3. The molecule has 10 heteroatoms. The monoisotopic (exact) mass is 471 g/mol. The molecule has 1 aromatic carbocycles. The van der Waals surface area contributed by atoms with E-state index in [-0.39, 0.29) is 41.6 Å². The van der Waals surface area contributed by atoms with Crippen molar-refractivity contribution in [3.8, 4) is 5.75 Å². The number of imidazole rings is 1. The Labute approximate surface area is 193 Å². The summed E-state index contributed by atoms with van der Waals surface area (Å²) < 4.78 is 40.6. The van der Waals surface area contributed by atoms with Gasteiger partial charge in [-0.1, -0.05) is 6.07 Å². The molecule has 0 atom stereocenters. The third kappa shape index (κ3) is 4.17. The summed E-state index contributed by atoms with van der Waals surface area (Å²) in [6, 6.07) is 6.74. The van der Waals surface area contributed by atoms with E-state index < -0.39 is 36.0 Å². The highest BCUT2D eigenvalue weighted by Gasteiger charge is 2.39. The number of aliphatic hydroxyl groups is 2. The number of carbonyl (C=O) groups excluding carboxylic acids is 1. The van der Waals surface area contributed by atoms with Crippen molar-refractivity contribution in [3.63, 3.8) is 0 Å². The van der Waals surface area contributed by atoms with Gasteiger partial charge in [-0.2, -0.15) is 0 Å². The number of carbonyl (C=O) groups is 1. The number of aromatic nitrogens is 3. The van der Waals surface area contributed by atoms with E-state index >= 15 is 0 Å². The van der Waals surface area contributed by atoms with Gasteiger partial charge in [0.1, 0.15) is 35.1 Å². The van der Waals surface area contributed by atoms with E-state index in [2.05, 4.69) is 9.97 Å². The van der Waals surface area contributed by atoms with E-state index in [1.807, 2.05) is 0 Å². The zero-order chi connectivity index (χ0) is 24.5. The topological polar surface area (TPSA) is 110 Å². The predicted octanol–water partition coefficient (Wildman–Crippen LogP) is 3.29. The first-order chi connectivity index (χ1) is 16.3. The van der Waals surface area contributed by atoms with Crippen LogP contribution in [0.1, 0.15) is 39.8 Å². The van der Waals surface area contributed by atoms with Gasteiger partial charge in [0, 0.05) is 12.6 Å². The molecule has 8 nitrogen and oxygen atoms in total. The fourth-order valence-electron chi connectivity index (χ4n) is 3.79. The van der Waals surface area contributed by atoms with Crippen LogP contribution in [0.2, 0.25) is 0 Å². The van der Waals surface area contributed by atoms with Crippen molar-refractivity contribution in [2.24, 2.45) is 0 Å². The second-order valence-electron chi connectivity index (χ2n) is 8.07. The number of hydrogen-bond donors (Lipinski definition) is 2. The minimum Gasteiger partial charge on any atom is -0.485 e. The minimum absolute atomic E-state index is 0.0609. The van der Waals surface area contributed by atoms with Crippen molar-refractivity contribution < 1.29 is 32.9 Å². The van der Waals surface area contributed by atoms with Gasteiger partial charge in [-0.15, -0.1) is 0 Å². The molecular weight excluding hydrogens is 448 g/mol. The molecule has 2 N–H and O–H groups in total. The van der Waals surface area contributed by atoms with Crippen LogP contribution < -0.4 is 4.74 Å². The standard InChI is InChI=1S/C24H23F2N3O5/c1-14-10-27-23(34-14)24(12-30,13-31)9-19(32)21-15(2)28-22-20(7-4-8-29(21)22)33-11-16-17(25)5-3-6-18(16)26/h3-8,10,30-31H,9,11-13H2,1-2H3. The first-order valence-corrected chi connectivity index (χ1v) is 10.5. The van der Waals surface area contributed by atoms with Crippen LogP contribution in [0.5, 0.6) is 5.75 Å². The molecule has 3 aromatic heterocycles. The maximum Gasteiger partial charge on any atom is 0.205 e. The number of halogens is 2. The molecule has 0 saturated heterocycles. The van der Waals surface area contributed by atoms with Gasteiger partial charge in [0.05, 0.1) is 30.7 Å². The van der Waals surface area contributed by atoms with Gasteiger partial charge in [-0.05, 0) is 38.1 Å². The first kappa shape index (κ1) is 23.5. The number of aliphatic hydroxyl groups excluding tert-OH is 2. The Morgan fingerprint density at radius 2 is 1.85 bits per heavy atom. The lowest BCUT2D eigenvalue weighted by Gasteiger charge is -2.25. The van der Waals surface area contributed by atoms with Crippen molar-refractivity contribution in [1.82, 2.24) is 14.4 Å². The Hall–Kier alpha value is -3.63. The highest BCUT2D eigenvalue weighted by Crippen LogP contribution is 2.31. The summed E-state index contributed by atoms with van der Waals surface area (Å²) in [4.78, 5) is 21.8. The molecule has 0 aliphatic rings. The summed E-state index contributed by atoms with van der Waals surface area (Å²) in [6.07, 6.45) is 2.76. The third-order valence-corrected chi connectivity index (χ3v) is 5.67. The van der Waals surface area contributed by atoms with Crippen molar-refractivity contribution in [1.29, 1.82) is 0 Å². The molecule has 4 rings (SSSR count). The van der Waals surface area contributed by atoms with Gasteiger partial charge in [-0.3, -0.25) is 9.20 Å². The summed E-state index contributed by atoms with van der Waals surface area (Å²) in [6.45, 7) is 1.81. The number of rotatable bonds is 9. The van der Waals surface area contributed by atoms with E-state index in [4.69, 9.17) is 9.15 Å². The minimum atomic E-state index is -1.42. The van der Waals surface area contributed by atoms with Gasteiger partial charge < -0.3 is 19.4 Å². The number of pyridine rings is 1. The van der Waals surface area contributed by atoms with Crippen LogP contribution in [-0.2, 0) is 12.0 Å². The fraction of sp³-hybridized carbons (Fsp3) is 0.292. The van der Waals surface area contributed by atoms with Gasteiger partial charge >= 0.3 is 0 Å². The number of ether oxygens (including phenoxy) is 1. The third-order valence-electron chi connectivity index (χ3n) is 5.67. The molecule has 34 heavy (non-hydrogen) atoms. The van der Waals surface area contributed by atoms with Gasteiger partial charge in [0.25, 0.3) is 0 Å². The maximum absolute atomic E-state index is 14.0. The number of Topliss-reactive ketones (excluding diaryl/α,β-unsaturated/α-hetero) is 1. The molecule has 4 aromatic rings. The Morgan fingerprint density at radius 3 is 2.47 bits per heavy atom. The summed E-state index contributed by atoms with van der Waals surface area (Å²) in [5.74, 6) is -1.10. The van der Waals surface area contributed by atoms with Crippen LogP contribution in [0.4, 0.5) is 8.78 Å². The van der Waals surface area contributed by atoms with Gasteiger partial charge in [0.15, 0.2) is 17.2 Å². The largest absolute Gasteiger partial charge is 0.485 e. The normalized spacial score (nSPS) is 11.8. The summed E-state index contributed by atoms with van der Waals surface area (Å²) in [5.41, 5.74) is -0.761. The van der Waals surface area contributed by atoms with Crippen LogP contribution in [0.3, 0.4) is 0 Å². The van der Waals surface area contributed by atoms with Crippen LogP contribution in [-0.4, -0.2) is 43.6 Å². The van der Waals surface area contributed by atoms with E-state index in [0.717, 1.165) is 12.1 Å². The lowest BCUT2D eigenvalue weighted by molar-refractivity contribution is 0.0690. The fourth-order valence-corrected chi connectivity index (χ4v) is 3.79. The Bertz CT molecular complexity index is 1320. The molecule has 0 radical (unpaired) electrons. The number of ketones is 1. The van der Waals surface area contributed by atoms with Crippen LogP contribution in [0.15, 0.2) is 47.1 Å². The molecule has 0 unspecified atom stereocenters. The molecule has 0 spiro atoms. The Kier molecular flexibility index (Phi) is 6.45. The number of benzene rings is 1. The van der Waals surface area contributed by atoms with Crippen molar-refractivity contribution >= 4 is 11.4 Å². The number of hydrogen-bond acceptors (Lipinski definition) is 7. The van der Waals surface area contributed by atoms with Gasteiger partial charge in [0.2, 0.25) is 5.89 Å². The highest BCUT2D eigenvalue weighted by molar-refractivity contribution is 5.97. The zero-order valence-electron chi connectivity index (χ0n) is 18.6. The lowest BCUT2D eigenvalue weighted by Crippen LogP contribution is -2.38. The molecule has 0 saturated carbocycles. The van der Waals surface area contributed by atoms with Crippen molar-refractivity contribution in [2.75, 3.05) is 13.2 Å². The van der Waals surface area contributed by atoms with Crippen LogP contribution >= 0.6 is 0 Å². The quantitative estimate of drug-likeness (QED) is 0.361. The highest BCUT2D eigenvalue weighted by atomic mass is 19.1. The Morgan fingerprint density at radius 1 is 1.15 bits per heavy atom. The van der Waals surface area contributed by atoms with E-state index in [1.54, 1.807) is 32.2 Å². The van der Waals surface area contributed by atoms with E-state index in [9.17, 15) is 23.8 Å². The second-order valence-corrected chi connectivity index (χ2v) is 8.07. The number of aryl methyl sites for hydroxylation is 2. The van der Waals surface area contributed by atoms with E-state index in [1.165, 1.54) is 16.7 Å². The average molecular weight is 471 g/mol. The van der Waals surface area contributed by atoms with Crippen LogP contribution in [0.25, 0.3) is 5.65 Å².